The summed E-state index contributed by atoms with van der Waals surface area (Å²) >= 11 is 3.39. The number of pyridine rings is 1. The first-order chi connectivity index (χ1) is 9.25. The maximum atomic E-state index is 4.37. The van der Waals surface area contributed by atoms with E-state index in [1.807, 2.05) is 18.2 Å². The summed E-state index contributed by atoms with van der Waals surface area (Å²) in [5, 5.41) is 3.38. The summed E-state index contributed by atoms with van der Waals surface area (Å²) in [7, 11) is 2.27. The zero-order chi connectivity index (χ0) is 13.5. The second-order valence-electron chi connectivity index (χ2n) is 5.40. The topological polar surface area (TPSA) is 28.2 Å². The predicted molar refractivity (Wildman–Crippen MR) is 84.5 cm³/mol. The van der Waals surface area contributed by atoms with Gasteiger partial charge in [-0.1, -0.05) is 25.3 Å². The molecule has 1 N–H and O–H groups in total. The maximum Gasteiger partial charge on any atom is 0.127 e. The second-order valence-corrected chi connectivity index (χ2v) is 6.21. The van der Waals surface area contributed by atoms with Gasteiger partial charge in [-0.2, -0.15) is 0 Å². The van der Waals surface area contributed by atoms with Crippen LogP contribution in [-0.2, 0) is 0 Å². The van der Waals surface area contributed by atoms with E-state index in [1.165, 1.54) is 45.1 Å². The van der Waals surface area contributed by atoms with Gasteiger partial charge in [-0.05, 0) is 60.9 Å². The highest BCUT2D eigenvalue weighted by Crippen LogP contribution is 2.21. The number of nitrogens with zero attached hydrogens (tertiary/aromatic N) is 2. The quantitative estimate of drug-likeness (QED) is 0.634. The average Bonchev–Trinajstić information content (AvgIpc) is 2.44. The van der Waals surface area contributed by atoms with E-state index in [2.05, 4.69) is 38.2 Å². The Balaban J connectivity index is 1.63. The molecule has 19 heavy (non-hydrogen) atoms. The molecule has 0 aliphatic heterocycles. The van der Waals surface area contributed by atoms with Crippen LogP contribution in [0, 0.1) is 0 Å². The molecule has 0 bridgehead atoms. The summed E-state index contributed by atoms with van der Waals surface area (Å²) in [5.41, 5.74) is 0. The van der Waals surface area contributed by atoms with Gasteiger partial charge in [0.1, 0.15) is 10.4 Å². The fourth-order valence-corrected chi connectivity index (χ4v) is 3.10. The largest absolute Gasteiger partial charge is 0.370 e. The van der Waals surface area contributed by atoms with Gasteiger partial charge in [-0.15, -0.1) is 0 Å². The number of nitrogens with one attached hydrogen (secondary N) is 1. The van der Waals surface area contributed by atoms with Gasteiger partial charge >= 0.3 is 0 Å². The standard InChI is InChI=1S/C15H24BrN3/c1-19(13-7-3-2-4-8-13)12-6-11-17-15-10-5-9-14(16)18-15/h5,9-10,13H,2-4,6-8,11-12H2,1H3,(H,17,18). The molecule has 0 amide bonds. The van der Waals surface area contributed by atoms with Gasteiger partial charge in [-0.3, -0.25) is 0 Å². The average molecular weight is 326 g/mol. The Kier molecular flexibility index (Phi) is 6.11. The molecule has 1 aromatic heterocycles. The molecule has 0 aromatic carbocycles. The first-order valence-corrected chi connectivity index (χ1v) is 8.11. The van der Waals surface area contributed by atoms with Crippen LogP contribution in [0.4, 0.5) is 5.82 Å². The van der Waals surface area contributed by atoms with Crippen molar-refractivity contribution in [2.75, 3.05) is 25.5 Å². The lowest BCUT2D eigenvalue weighted by Crippen LogP contribution is -2.34. The van der Waals surface area contributed by atoms with Crippen LogP contribution in [0.25, 0.3) is 0 Å². The van der Waals surface area contributed by atoms with Crippen molar-refractivity contribution >= 4 is 21.7 Å². The van der Waals surface area contributed by atoms with Crippen LogP contribution in [0.3, 0.4) is 0 Å². The van der Waals surface area contributed by atoms with Crippen LogP contribution < -0.4 is 5.32 Å². The normalized spacial score (nSPS) is 16.8. The van der Waals surface area contributed by atoms with Gasteiger partial charge < -0.3 is 10.2 Å². The van der Waals surface area contributed by atoms with E-state index < -0.39 is 0 Å². The molecule has 2 rings (SSSR count). The number of aromatic nitrogens is 1. The maximum absolute atomic E-state index is 4.37. The lowest BCUT2D eigenvalue weighted by atomic mass is 9.94. The van der Waals surface area contributed by atoms with Crippen molar-refractivity contribution in [1.82, 2.24) is 9.88 Å². The molecule has 0 radical (unpaired) electrons. The smallest absolute Gasteiger partial charge is 0.127 e. The van der Waals surface area contributed by atoms with Crippen LogP contribution in [0.15, 0.2) is 22.8 Å². The summed E-state index contributed by atoms with van der Waals surface area (Å²) in [6.07, 6.45) is 8.19. The lowest BCUT2D eigenvalue weighted by molar-refractivity contribution is 0.191. The van der Waals surface area contributed by atoms with Crippen molar-refractivity contribution < 1.29 is 0 Å². The minimum absolute atomic E-state index is 0.817. The van der Waals surface area contributed by atoms with Gasteiger partial charge in [0, 0.05) is 12.6 Å². The van der Waals surface area contributed by atoms with E-state index in [0.29, 0.717) is 0 Å². The van der Waals surface area contributed by atoms with Crippen molar-refractivity contribution in [2.45, 2.75) is 44.6 Å². The molecule has 106 valence electrons. The molecule has 1 aromatic rings. The number of halogens is 1. The zero-order valence-electron chi connectivity index (χ0n) is 11.7. The van der Waals surface area contributed by atoms with Crippen LogP contribution >= 0.6 is 15.9 Å². The molecule has 4 heteroatoms. The predicted octanol–water partition coefficient (Wildman–Crippen LogP) is 3.91. The molecule has 1 saturated carbocycles. The van der Waals surface area contributed by atoms with Crippen LogP contribution in [0.1, 0.15) is 38.5 Å². The van der Waals surface area contributed by atoms with Crippen molar-refractivity contribution in [3.8, 4) is 0 Å². The summed E-state index contributed by atoms with van der Waals surface area (Å²) < 4.78 is 0.886. The summed E-state index contributed by atoms with van der Waals surface area (Å²) in [6, 6.07) is 6.78. The summed E-state index contributed by atoms with van der Waals surface area (Å²) in [5.74, 6) is 0.953. The number of anilines is 1. The van der Waals surface area contributed by atoms with E-state index in [9.17, 15) is 0 Å². The molecule has 0 saturated heterocycles. The number of hydrogen-bond donors (Lipinski definition) is 1. The van der Waals surface area contributed by atoms with Crippen LogP contribution in [0.5, 0.6) is 0 Å². The van der Waals surface area contributed by atoms with Gasteiger partial charge in [0.2, 0.25) is 0 Å². The Morgan fingerprint density at radius 3 is 2.84 bits per heavy atom. The Morgan fingerprint density at radius 2 is 2.11 bits per heavy atom. The highest BCUT2D eigenvalue weighted by atomic mass is 79.9. The third kappa shape index (κ3) is 5.11. The monoisotopic (exact) mass is 325 g/mol. The van der Waals surface area contributed by atoms with Crippen molar-refractivity contribution in [1.29, 1.82) is 0 Å². The number of hydrogen-bond acceptors (Lipinski definition) is 3. The molecule has 1 heterocycles. The number of rotatable bonds is 6. The van der Waals surface area contributed by atoms with Crippen molar-refractivity contribution in [2.24, 2.45) is 0 Å². The van der Waals surface area contributed by atoms with Gasteiger partial charge in [0.25, 0.3) is 0 Å². The van der Waals surface area contributed by atoms with Gasteiger partial charge in [-0.25, -0.2) is 4.98 Å². The van der Waals surface area contributed by atoms with E-state index in [1.54, 1.807) is 0 Å². The molecule has 1 aliphatic rings. The molecule has 1 aliphatic carbocycles. The minimum Gasteiger partial charge on any atom is -0.370 e. The van der Waals surface area contributed by atoms with E-state index in [-0.39, 0.29) is 0 Å². The van der Waals surface area contributed by atoms with E-state index in [4.69, 9.17) is 0 Å². The second kappa shape index (κ2) is 7.85. The third-order valence-corrected chi connectivity index (χ3v) is 4.35. The van der Waals surface area contributed by atoms with Crippen molar-refractivity contribution in [3.63, 3.8) is 0 Å². The Hall–Kier alpha value is -0.610. The highest BCUT2D eigenvalue weighted by molar-refractivity contribution is 9.10. The Morgan fingerprint density at radius 1 is 1.32 bits per heavy atom. The SMILES string of the molecule is CN(CCCNc1cccc(Br)n1)C1CCCCC1. The van der Waals surface area contributed by atoms with E-state index in [0.717, 1.165) is 23.0 Å². The molecule has 0 unspecified atom stereocenters. The Labute approximate surface area is 124 Å². The molecular weight excluding hydrogens is 302 g/mol. The van der Waals surface area contributed by atoms with Crippen molar-refractivity contribution in [3.05, 3.63) is 22.8 Å². The fourth-order valence-electron chi connectivity index (χ4n) is 2.76. The van der Waals surface area contributed by atoms with E-state index >= 15 is 0 Å². The zero-order valence-corrected chi connectivity index (χ0v) is 13.3. The molecule has 3 nitrogen and oxygen atoms in total. The highest BCUT2D eigenvalue weighted by Gasteiger charge is 2.17. The molecule has 0 spiro atoms. The molecule has 0 atom stereocenters. The van der Waals surface area contributed by atoms with Crippen LogP contribution in [0.2, 0.25) is 0 Å². The summed E-state index contributed by atoms with van der Waals surface area (Å²) in [4.78, 5) is 6.91. The summed E-state index contributed by atoms with van der Waals surface area (Å²) in [6.45, 7) is 2.16. The fraction of sp³-hybridized carbons (Fsp3) is 0.667. The third-order valence-electron chi connectivity index (χ3n) is 3.91. The first-order valence-electron chi connectivity index (χ1n) is 7.32. The Bertz CT molecular complexity index is 377. The van der Waals surface area contributed by atoms with Gasteiger partial charge in [0.15, 0.2) is 0 Å². The molecular formula is C15H24BrN3. The lowest BCUT2D eigenvalue weighted by Gasteiger charge is -2.31. The van der Waals surface area contributed by atoms with Crippen LogP contribution in [-0.4, -0.2) is 36.1 Å². The molecule has 1 fully saturated rings. The minimum atomic E-state index is 0.817. The first kappa shape index (κ1) is 14.8. The van der Waals surface area contributed by atoms with Gasteiger partial charge in [0.05, 0.1) is 0 Å².